The van der Waals surface area contributed by atoms with Crippen molar-refractivity contribution in [1.29, 1.82) is 0 Å². The highest BCUT2D eigenvalue weighted by molar-refractivity contribution is 5.77. The van der Waals surface area contributed by atoms with Crippen molar-refractivity contribution in [2.24, 2.45) is 0 Å². The lowest BCUT2D eigenvalue weighted by Gasteiger charge is -2.13. The fourth-order valence-electron chi connectivity index (χ4n) is 1.88. The molecule has 2 rings (SSSR count). The van der Waals surface area contributed by atoms with E-state index in [1.54, 1.807) is 7.11 Å². The lowest BCUT2D eigenvalue weighted by molar-refractivity contribution is 0.415. The van der Waals surface area contributed by atoms with E-state index in [-0.39, 0.29) is 0 Å². The molecule has 2 aromatic carbocycles. The number of nitrogens with zero attached hydrogens (tertiary/aromatic N) is 1. The Morgan fingerprint density at radius 3 is 1.79 bits per heavy atom. The second kappa shape index (κ2) is 5.61. The summed E-state index contributed by atoms with van der Waals surface area (Å²) in [4.78, 5) is 2.06. The molecule has 0 aliphatic heterocycles. The molecule has 0 amide bonds. The van der Waals surface area contributed by atoms with E-state index >= 15 is 0 Å². The summed E-state index contributed by atoms with van der Waals surface area (Å²) in [7, 11) is 5.69. The van der Waals surface area contributed by atoms with Gasteiger partial charge in [0, 0.05) is 19.8 Å². The summed E-state index contributed by atoms with van der Waals surface area (Å²) in [6.45, 7) is 6.20. The van der Waals surface area contributed by atoms with E-state index in [2.05, 4.69) is 17.0 Å². The Morgan fingerprint density at radius 2 is 1.37 bits per heavy atom. The van der Waals surface area contributed by atoms with Gasteiger partial charge in [-0.15, -0.1) is 0 Å². The molecule has 0 spiro atoms. The van der Waals surface area contributed by atoms with Gasteiger partial charge in [-0.05, 0) is 41.0 Å². The first-order valence-corrected chi connectivity index (χ1v) is 6.16. The minimum atomic E-state index is 0.771. The number of rotatable bonds is 4. The van der Waals surface area contributed by atoms with Crippen molar-refractivity contribution in [3.63, 3.8) is 0 Å². The zero-order valence-electron chi connectivity index (χ0n) is 11.6. The van der Waals surface area contributed by atoms with Crippen molar-refractivity contribution in [3.8, 4) is 5.75 Å². The molecule has 0 unspecified atom stereocenters. The third-order valence-electron chi connectivity index (χ3n) is 3.10. The van der Waals surface area contributed by atoms with Crippen LogP contribution in [-0.2, 0) is 0 Å². The molecule has 2 nitrogen and oxygen atoms in total. The average Bonchev–Trinajstić information content (AvgIpc) is 2.46. The molecule has 0 fully saturated rings. The zero-order chi connectivity index (χ0) is 13.8. The third-order valence-corrected chi connectivity index (χ3v) is 3.10. The number of benzene rings is 2. The molecule has 0 saturated heterocycles. The summed E-state index contributed by atoms with van der Waals surface area (Å²) in [5.74, 6) is 0.833. The molecule has 0 atom stereocenters. The van der Waals surface area contributed by atoms with Crippen LogP contribution in [0.4, 0.5) is 5.69 Å². The maximum atomic E-state index is 6.20. The van der Waals surface area contributed by atoms with E-state index in [1.807, 2.05) is 50.5 Å². The normalized spacial score (nSPS) is 10.1. The molecule has 0 saturated carbocycles. The highest BCUT2D eigenvalue weighted by Crippen LogP contribution is 2.25. The van der Waals surface area contributed by atoms with Crippen LogP contribution in [0.1, 0.15) is 11.1 Å². The Bertz CT molecular complexity index is 553. The molecule has 0 aliphatic rings. The van der Waals surface area contributed by atoms with Crippen LogP contribution in [0.25, 0.3) is 5.57 Å². The Labute approximate surface area is 114 Å². The summed E-state index contributed by atoms with van der Waals surface area (Å²) in [6.07, 6.45) is 0. The maximum absolute atomic E-state index is 6.20. The summed E-state index contributed by atoms with van der Waals surface area (Å²) in [5, 5.41) is 0. The van der Waals surface area contributed by atoms with Crippen LogP contribution in [-0.4, -0.2) is 21.2 Å². The lowest BCUT2D eigenvalue weighted by atomic mass is 9.99. The van der Waals surface area contributed by atoms with E-state index in [9.17, 15) is 0 Å². The minimum absolute atomic E-state index is 0.771. The molecule has 1 radical (unpaired) electrons. The van der Waals surface area contributed by atoms with E-state index in [0.29, 0.717) is 0 Å². The van der Waals surface area contributed by atoms with Crippen LogP contribution in [0.2, 0.25) is 0 Å². The van der Waals surface area contributed by atoms with Gasteiger partial charge in [-0.1, -0.05) is 30.8 Å². The monoisotopic (exact) mass is 252 g/mol. The van der Waals surface area contributed by atoms with E-state index in [4.69, 9.17) is 11.3 Å². The largest absolute Gasteiger partial charge is 0.497 e. The Hall–Kier alpha value is -2.22. The van der Waals surface area contributed by atoms with E-state index in [0.717, 1.165) is 28.1 Å². The first-order valence-electron chi connectivity index (χ1n) is 6.16. The smallest absolute Gasteiger partial charge is 0.118 e. The quantitative estimate of drug-likeness (QED) is 0.824. The molecule has 0 aromatic heterocycles. The number of hydrogen-bond donors (Lipinski definition) is 0. The van der Waals surface area contributed by atoms with Crippen molar-refractivity contribution < 1.29 is 4.74 Å². The van der Waals surface area contributed by atoms with Crippen LogP contribution in [0, 0.1) is 6.58 Å². The zero-order valence-corrected chi connectivity index (χ0v) is 11.6. The van der Waals surface area contributed by atoms with Gasteiger partial charge in [-0.2, -0.15) is 0 Å². The first-order chi connectivity index (χ1) is 9.11. The highest BCUT2D eigenvalue weighted by Gasteiger charge is 2.03. The van der Waals surface area contributed by atoms with Gasteiger partial charge < -0.3 is 9.64 Å². The number of methoxy groups -OCH3 is 1. The van der Waals surface area contributed by atoms with Gasteiger partial charge in [0.05, 0.1) is 7.11 Å². The van der Waals surface area contributed by atoms with Crippen molar-refractivity contribution in [2.75, 3.05) is 26.1 Å². The minimum Gasteiger partial charge on any atom is -0.497 e. The molecule has 0 aliphatic carbocycles. The van der Waals surface area contributed by atoms with Crippen molar-refractivity contribution in [1.82, 2.24) is 0 Å². The fraction of sp³-hybridized carbons (Fsp3) is 0.176. The molecular formula is C17H18NO. The van der Waals surface area contributed by atoms with Gasteiger partial charge in [0.15, 0.2) is 0 Å². The van der Waals surface area contributed by atoms with Gasteiger partial charge in [0.1, 0.15) is 5.75 Å². The Morgan fingerprint density at radius 1 is 0.895 bits per heavy atom. The number of hydrogen-bond acceptors (Lipinski definition) is 2. The van der Waals surface area contributed by atoms with Gasteiger partial charge in [0.25, 0.3) is 0 Å². The first kappa shape index (κ1) is 13.2. The topological polar surface area (TPSA) is 12.5 Å². The highest BCUT2D eigenvalue weighted by atomic mass is 16.5. The van der Waals surface area contributed by atoms with Crippen molar-refractivity contribution in [3.05, 3.63) is 66.2 Å². The predicted octanol–water partition coefficient (Wildman–Crippen LogP) is 3.63. The maximum Gasteiger partial charge on any atom is 0.118 e. The molecule has 0 bridgehead atoms. The van der Waals surface area contributed by atoms with Crippen LogP contribution in [0.5, 0.6) is 5.75 Å². The van der Waals surface area contributed by atoms with Crippen LogP contribution < -0.4 is 9.64 Å². The molecular weight excluding hydrogens is 234 g/mol. The van der Waals surface area contributed by atoms with Gasteiger partial charge in [-0.25, -0.2) is 0 Å². The average molecular weight is 252 g/mol. The molecule has 0 heterocycles. The summed E-state index contributed by atoms with van der Waals surface area (Å²) >= 11 is 0. The molecule has 2 aromatic rings. The second-order valence-corrected chi connectivity index (χ2v) is 4.58. The fourth-order valence-corrected chi connectivity index (χ4v) is 1.88. The van der Waals surface area contributed by atoms with Gasteiger partial charge >= 0.3 is 0 Å². The molecule has 97 valence electrons. The Balaban J connectivity index is 2.22. The van der Waals surface area contributed by atoms with Crippen molar-refractivity contribution in [2.45, 2.75) is 0 Å². The van der Waals surface area contributed by atoms with E-state index in [1.165, 1.54) is 0 Å². The SMILES string of the molecule is [CH]=C(c1ccc(OC)cc1)c1ccc(N(C)C)cc1. The molecule has 2 heteroatoms. The van der Waals surface area contributed by atoms with Gasteiger partial charge in [-0.3, -0.25) is 0 Å². The van der Waals surface area contributed by atoms with Crippen LogP contribution >= 0.6 is 0 Å². The summed E-state index contributed by atoms with van der Waals surface area (Å²) < 4.78 is 5.14. The second-order valence-electron chi connectivity index (χ2n) is 4.58. The Kier molecular flexibility index (Phi) is 3.91. The predicted molar refractivity (Wildman–Crippen MR) is 80.6 cm³/mol. The van der Waals surface area contributed by atoms with Gasteiger partial charge in [0.2, 0.25) is 0 Å². The molecule has 0 N–H and O–H groups in total. The standard InChI is InChI=1S/C17H18NO/c1-13(15-7-11-17(19-4)12-8-15)14-5-9-16(10-6-14)18(2)3/h1,5-12H,2-4H3. The van der Waals surface area contributed by atoms with E-state index < -0.39 is 0 Å². The van der Waals surface area contributed by atoms with Crippen LogP contribution in [0.3, 0.4) is 0 Å². The summed E-state index contributed by atoms with van der Waals surface area (Å²) in [5.41, 5.74) is 3.95. The lowest BCUT2D eigenvalue weighted by Crippen LogP contribution is -2.08. The third kappa shape index (κ3) is 2.97. The molecule has 19 heavy (non-hydrogen) atoms. The van der Waals surface area contributed by atoms with Crippen LogP contribution in [0.15, 0.2) is 48.5 Å². The number of ether oxygens (including phenoxy) is 1. The summed E-state index contributed by atoms with van der Waals surface area (Å²) in [6, 6.07) is 16.0. The van der Waals surface area contributed by atoms with Crippen molar-refractivity contribution >= 4 is 11.3 Å². The number of anilines is 1.